The fourth-order valence-corrected chi connectivity index (χ4v) is 1.22. The Kier molecular flexibility index (Phi) is 4.39. The number of nitrogens with two attached hydrogens (primary N) is 1. The number of benzene rings is 1. The van der Waals surface area contributed by atoms with Gasteiger partial charge in [0.1, 0.15) is 5.69 Å². The Bertz CT molecular complexity index is 421. The van der Waals surface area contributed by atoms with Crippen molar-refractivity contribution < 1.29 is 13.6 Å². The highest BCUT2D eigenvalue weighted by Gasteiger charge is 2.14. The number of hydrogen-bond acceptors (Lipinski definition) is 3. The van der Waals surface area contributed by atoms with Gasteiger partial charge in [-0.25, -0.2) is 8.78 Å². The zero-order chi connectivity index (χ0) is 13.0. The van der Waals surface area contributed by atoms with E-state index in [-0.39, 0.29) is 17.8 Å². The molecule has 1 amide bonds. The van der Waals surface area contributed by atoms with E-state index < -0.39 is 17.5 Å². The molecule has 1 aromatic carbocycles. The number of nitrogens with zero attached hydrogens (tertiary/aromatic N) is 1. The van der Waals surface area contributed by atoms with E-state index >= 15 is 0 Å². The number of carbonyl (C=O) groups excluding carboxylic acids is 1. The first kappa shape index (κ1) is 13.4. The van der Waals surface area contributed by atoms with Crippen molar-refractivity contribution in [3.05, 3.63) is 23.8 Å². The lowest BCUT2D eigenvalue weighted by Gasteiger charge is -2.11. The minimum absolute atomic E-state index is 0.00195. The van der Waals surface area contributed by atoms with Crippen LogP contribution in [0.2, 0.25) is 0 Å². The number of hydrogen-bond donors (Lipinski definition) is 2. The van der Waals surface area contributed by atoms with E-state index in [0.29, 0.717) is 6.54 Å². The summed E-state index contributed by atoms with van der Waals surface area (Å²) in [6.07, 6.45) is 0.183. The largest absolute Gasteiger partial charge is 0.397 e. The van der Waals surface area contributed by atoms with Crippen molar-refractivity contribution in [2.24, 2.45) is 0 Å². The van der Waals surface area contributed by atoms with Gasteiger partial charge in [0, 0.05) is 13.0 Å². The lowest BCUT2D eigenvalue weighted by atomic mass is 10.2. The van der Waals surface area contributed by atoms with Crippen LogP contribution in [-0.2, 0) is 4.79 Å². The maximum absolute atomic E-state index is 13.3. The molecule has 0 aliphatic carbocycles. The highest BCUT2D eigenvalue weighted by atomic mass is 19.2. The second kappa shape index (κ2) is 5.58. The van der Waals surface area contributed by atoms with Crippen molar-refractivity contribution >= 4 is 17.3 Å². The van der Waals surface area contributed by atoms with Gasteiger partial charge in [0.2, 0.25) is 5.91 Å². The van der Waals surface area contributed by atoms with E-state index in [4.69, 9.17) is 5.73 Å². The molecule has 0 saturated carbocycles. The van der Waals surface area contributed by atoms with Gasteiger partial charge in [-0.1, -0.05) is 0 Å². The molecule has 0 aromatic heterocycles. The molecule has 3 N–H and O–H groups in total. The smallest absolute Gasteiger partial charge is 0.225 e. The van der Waals surface area contributed by atoms with E-state index in [9.17, 15) is 13.6 Å². The van der Waals surface area contributed by atoms with Gasteiger partial charge < -0.3 is 16.0 Å². The van der Waals surface area contributed by atoms with Gasteiger partial charge >= 0.3 is 0 Å². The van der Waals surface area contributed by atoms with Crippen molar-refractivity contribution in [2.75, 3.05) is 31.7 Å². The van der Waals surface area contributed by atoms with Crippen LogP contribution in [0, 0.1) is 11.6 Å². The molecule has 0 fully saturated rings. The van der Waals surface area contributed by atoms with Crippen molar-refractivity contribution in [1.29, 1.82) is 0 Å². The number of halogens is 2. The van der Waals surface area contributed by atoms with E-state index in [1.165, 1.54) is 6.07 Å². The first-order chi connectivity index (χ1) is 7.91. The number of anilines is 2. The van der Waals surface area contributed by atoms with Crippen LogP contribution >= 0.6 is 0 Å². The number of carbonyl (C=O) groups is 1. The van der Waals surface area contributed by atoms with Gasteiger partial charge in [-0.2, -0.15) is 0 Å². The number of rotatable bonds is 4. The molecule has 6 heteroatoms. The third kappa shape index (κ3) is 3.67. The first-order valence-corrected chi connectivity index (χ1v) is 5.10. The molecule has 0 aliphatic rings. The number of nitrogens with one attached hydrogen (secondary N) is 1. The maximum atomic E-state index is 13.3. The molecule has 0 saturated heterocycles. The molecule has 1 rings (SSSR count). The van der Waals surface area contributed by atoms with E-state index in [0.717, 1.165) is 6.07 Å². The van der Waals surface area contributed by atoms with Gasteiger partial charge in [-0.05, 0) is 26.2 Å². The summed E-state index contributed by atoms with van der Waals surface area (Å²) in [7, 11) is 3.62. The summed E-state index contributed by atoms with van der Waals surface area (Å²) < 4.78 is 26.3. The highest BCUT2D eigenvalue weighted by molar-refractivity contribution is 5.94. The molecule has 94 valence electrons. The van der Waals surface area contributed by atoms with Crippen LogP contribution in [0.5, 0.6) is 0 Å². The number of nitrogen functional groups attached to an aromatic ring is 1. The van der Waals surface area contributed by atoms with Gasteiger partial charge in [0.05, 0.1) is 5.69 Å². The Labute approximate surface area is 98.4 Å². The van der Waals surface area contributed by atoms with Crippen molar-refractivity contribution in [3.63, 3.8) is 0 Å². The Morgan fingerprint density at radius 2 is 2.06 bits per heavy atom. The number of amides is 1. The molecule has 0 spiro atoms. The molecule has 17 heavy (non-hydrogen) atoms. The SMILES string of the molecule is CN(C)CCC(=O)Nc1c(N)ccc(F)c1F. The van der Waals surface area contributed by atoms with Crippen LogP contribution in [0.3, 0.4) is 0 Å². The molecule has 0 unspecified atom stereocenters. The summed E-state index contributed by atoms with van der Waals surface area (Å²) in [5, 5.41) is 2.27. The molecule has 1 aromatic rings. The highest BCUT2D eigenvalue weighted by Crippen LogP contribution is 2.24. The van der Waals surface area contributed by atoms with E-state index in [1.807, 2.05) is 19.0 Å². The lowest BCUT2D eigenvalue weighted by molar-refractivity contribution is -0.116. The predicted octanol–water partition coefficient (Wildman–Crippen LogP) is 1.44. The fraction of sp³-hybridized carbons (Fsp3) is 0.364. The molecule has 0 aliphatic heterocycles. The summed E-state index contributed by atoms with van der Waals surface area (Å²) in [6, 6.07) is 2.13. The topological polar surface area (TPSA) is 58.4 Å². The molecule has 0 heterocycles. The average molecular weight is 243 g/mol. The van der Waals surface area contributed by atoms with Gasteiger partial charge in [0.25, 0.3) is 0 Å². The Hall–Kier alpha value is -1.69. The standard InChI is InChI=1S/C11H15F2N3O/c1-16(2)6-5-9(17)15-11-8(14)4-3-7(12)10(11)13/h3-4H,5-6,14H2,1-2H3,(H,15,17). The van der Waals surface area contributed by atoms with Crippen molar-refractivity contribution in [3.8, 4) is 0 Å². The summed E-state index contributed by atoms with van der Waals surface area (Å²) in [6.45, 7) is 0.517. The Balaban J connectivity index is 2.74. The Morgan fingerprint density at radius 1 is 1.41 bits per heavy atom. The first-order valence-electron chi connectivity index (χ1n) is 5.10. The van der Waals surface area contributed by atoms with Crippen molar-refractivity contribution in [1.82, 2.24) is 4.90 Å². The third-order valence-electron chi connectivity index (χ3n) is 2.18. The lowest BCUT2D eigenvalue weighted by Crippen LogP contribution is -2.21. The molecular weight excluding hydrogens is 228 g/mol. The van der Waals surface area contributed by atoms with Gasteiger partial charge in [0.15, 0.2) is 11.6 Å². The summed E-state index contributed by atoms with van der Waals surface area (Å²) in [5.74, 6) is -2.58. The zero-order valence-electron chi connectivity index (χ0n) is 9.76. The third-order valence-corrected chi connectivity index (χ3v) is 2.18. The van der Waals surface area contributed by atoms with Gasteiger partial charge in [-0.3, -0.25) is 4.79 Å². The minimum atomic E-state index is -1.14. The Morgan fingerprint density at radius 3 is 2.65 bits per heavy atom. The maximum Gasteiger partial charge on any atom is 0.225 e. The van der Waals surface area contributed by atoms with E-state index in [2.05, 4.69) is 5.32 Å². The second-order valence-corrected chi connectivity index (χ2v) is 3.93. The molecule has 0 atom stereocenters. The van der Waals surface area contributed by atoms with Crippen LogP contribution in [0.1, 0.15) is 6.42 Å². The van der Waals surface area contributed by atoms with Crippen LogP contribution in [0.25, 0.3) is 0 Å². The predicted molar refractivity (Wildman–Crippen MR) is 62.6 cm³/mol. The molecule has 0 radical (unpaired) electrons. The van der Waals surface area contributed by atoms with Crippen LogP contribution in [-0.4, -0.2) is 31.4 Å². The van der Waals surface area contributed by atoms with Crippen molar-refractivity contribution in [2.45, 2.75) is 6.42 Å². The normalized spacial score (nSPS) is 10.6. The summed E-state index contributed by atoms with van der Waals surface area (Å²) in [4.78, 5) is 13.3. The second-order valence-electron chi connectivity index (χ2n) is 3.93. The average Bonchev–Trinajstić information content (AvgIpc) is 2.27. The van der Waals surface area contributed by atoms with Crippen LogP contribution in [0.4, 0.5) is 20.2 Å². The molecule has 4 nitrogen and oxygen atoms in total. The summed E-state index contributed by atoms with van der Waals surface area (Å²) in [5.41, 5.74) is 5.17. The quantitative estimate of drug-likeness (QED) is 0.787. The van der Waals surface area contributed by atoms with Crippen LogP contribution < -0.4 is 11.1 Å². The van der Waals surface area contributed by atoms with Crippen LogP contribution in [0.15, 0.2) is 12.1 Å². The molecule has 0 bridgehead atoms. The van der Waals surface area contributed by atoms with E-state index in [1.54, 1.807) is 0 Å². The minimum Gasteiger partial charge on any atom is -0.397 e. The summed E-state index contributed by atoms with van der Waals surface area (Å²) >= 11 is 0. The monoisotopic (exact) mass is 243 g/mol. The molecular formula is C11H15F2N3O. The fourth-order valence-electron chi connectivity index (χ4n) is 1.22. The van der Waals surface area contributed by atoms with Gasteiger partial charge in [-0.15, -0.1) is 0 Å². The zero-order valence-corrected chi connectivity index (χ0v) is 9.76.